The lowest BCUT2D eigenvalue weighted by Crippen LogP contribution is -2.39. The van der Waals surface area contributed by atoms with E-state index in [2.05, 4.69) is 47.0 Å². The van der Waals surface area contributed by atoms with Gasteiger partial charge in [-0.15, -0.1) is 11.8 Å². The van der Waals surface area contributed by atoms with E-state index in [1.165, 1.54) is 16.9 Å². The third kappa shape index (κ3) is 6.84. The lowest BCUT2D eigenvalue weighted by Gasteiger charge is -2.31. The molecule has 1 aliphatic heterocycles. The first-order valence-electron chi connectivity index (χ1n) is 11.7. The zero-order chi connectivity index (χ0) is 24.1. The smallest absolute Gasteiger partial charge is 0.229 e. The molecule has 0 atom stereocenters. The summed E-state index contributed by atoms with van der Waals surface area (Å²) >= 11 is 3.11. The van der Waals surface area contributed by atoms with E-state index in [1.807, 2.05) is 18.2 Å². The van der Waals surface area contributed by atoms with Gasteiger partial charge in [-0.1, -0.05) is 44.2 Å². The minimum atomic E-state index is -0.0511. The van der Waals surface area contributed by atoms with Gasteiger partial charge < -0.3 is 20.4 Å². The molecule has 3 heterocycles. The fraction of sp³-hybridized carbons (Fsp3) is 0.480. The van der Waals surface area contributed by atoms with Gasteiger partial charge in [-0.2, -0.15) is 0 Å². The zero-order valence-electron chi connectivity index (χ0n) is 20.0. The number of nitrogen functional groups attached to an aromatic ring is 1. The van der Waals surface area contributed by atoms with E-state index in [0.29, 0.717) is 16.8 Å². The molecule has 7 nitrogen and oxygen atoms in total. The highest BCUT2D eigenvalue weighted by Crippen LogP contribution is 2.32. The highest BCUT2D eigenvalue weighted by molar-refractivity contribution is 8.00. The number of nitrogens with zero attached hydrogens (tertiary/aromatic N) is 3. The molecule has 4 rings (SSSR count). The van der Waals surface area contributed by atoms with Crippen LogP contribution < -0.4 is 11.1 Å². The van der Waals surface area contributed by atoms with Crippen LogP contribution in [0.15, 0.2) is 45.3 Å². The molecule has 0 spiro atoms. The molecule has 1 saturated heterocycles. The van der Waals surface area contributed by atoms with Gasteiger partial charge in [-0.05, 0) is 50.0 Å². The molecule has 34 heavy (non-hydrogen) atoms. The lowest BCUT2D eigenvalue weighted by molar-refractivity contribution is -0.121. The van der Waals surface area contributed by atoms with Gasteiger partial charge in [0.25, 0.3) is 0 Å². The second-order valence-corrected chi connectivity index (χ2v) is 12.0. The summed E-state index contributed by atoms with van der Waals surface area (Å²) in [7, 11) is 0. The molecule has 2 aromatic heterocycles. The van der Waals surface area contributed by atoms with E-state index in [9.17, 15) is 4.79 Å². The third-order valence-corrected chi connectivity index (χ3v) is 8.06. The standard InChI is InChI=1S/C25H33N5O2S2/c1-25(2,3)20-14-27-21(32-20)16-33-22-15-28-24(34-22)29-23(31)18-8-11-30(12-9-18)10-7-17-5-4-6-19(26)13-17/h4-6,13-15,18H,7-12,16,26H2,1-3H3,(H,28,29,31). The first-order valence-corrected chi connectivity index (χ1v) is 13.5. The van der Waals surface area contributed by atoms with Crippen molar-refractivity contribution in [3.05, 3.63) is 53.9 Å². The van der Waals surface area contributed by atoms with Crippen molar-refractivity contribution in [3.63, 3.8) is 0 Å². The number of benzene rings is 1. The summed E-state index contributed by atoms with van der Waals surface area (Å²) in [5.41, 5.74) is 7.89. The topological polar surface area (TPSA) is 97.3 Å². The maximum absolute atomic E-state index is 12.8. The van der Waals surface area contributed by atoms with Crippen molar-refractivity contribution in [2.75, 3.05) is 30.7 Å². The number of thioether (sulfide) groups is 1. The van der Waals surface area contributed by atoms with Crippen LogP contribution in [-0.2, 0) is 22.4 Å². The van der Waals surface area contributed by atoms with Crippen LogP contribution in [0.1, 0.15) is 50.8 Å². The summed E-state index contributed by atoms with van der Waals surface area (Å²) < 4.78 is 6.88. The molecule has 182 valence electrons. The quantitative estimate of drug-likeness (QED) is 0.325. The number of hydrogen-bond donors (Lipinski definition) is 2. The fourth-order valence-corrected chi connectivity index (χ4v) is 5.63. The Hall–Kier alpha value is -2.36. The van der Waals surface area contributed by atoms with Gasteiger partial charge in [0, 0.05) is 23.6 Å². The molecular formula is C25H33N5O2S2. The molecule has 1 aliphatic rings. The number of oxazole rings is 1. The molecule has 0 unspecified atom stereocenters. The summed E-state index contributed by atoms with van der Waals surface area (Å²) in [4.78, 5) is 24.0. The predicted octanol–water partition coefficient (Wildman–Crippen LogP) is 5.20. The normalized spacial score (nSPS) is 15.5. The van der Waals surface area contributed by atoms with Crippen LogP contribution in [0, 0.1) is 5.92 Å². The van der Waals surface area contributed by atoms with E-state index in [0.717, 1.165) is 54.6 Å². The summed E-state index contributed by atoms with van der Waals surface area (Å²) in [5.74, 6) is 2.34. The molecule has 0 radical (unpaired) electrons. The molecule has 0 bridgehead atoms. The minimum absolute atomic E-state index is 0.0340. The molecular weight excluding hydrogens is 466 g/mol. The van der Waals surface area contributed by atoms with Gasteiger partial charge in [-0.25, -0.2) is 9.97 Å². The fourth-order valence-electron chi connectivity index (χ4n) is 3.90. The van der Waals surface area contributed by atoms with Gasteiger partial charge in [0.2, 0.25) is 11.8 Å². The van der Waals surface area contributed by atoms with Crippen LogP contribution in [0.2, 0.25) is 0 Å². The average Bonchev–Trinajstić information content (AvgIpc) is 3.46. The van der Waals surface area contributed by atoms with Gasteiger partial charge in [-0.3, -0.25) is 4.79 Å². The molecule has 3 aromatic rings. The Balaban J connectivity index is 1.19. The SMILES string of the molecule is CC(C)(C)c1cnc(CSc2cnc(NC(=O)C3CCN(CCc4cccc(N)c4)CC3)s2)o1. The van der Waals surface area contributed by atoms with Gasteiger partial charge in [0.15, 0.2) is 5.13 Å². The molecule has 9 heteroatoms. The van der Waals surface area contributed by atoms with Crippen molar-refractivity contribution in [3.8, 4) is 0 Å². The molecule has 1 aromatic carbocycles. The number of aromatic nitrogens is 2. The largest absolute Gasteiger partial charge is 0.444 e. The van der Waals surface area contributed by atoms with Crippen LogP contribution >= 0.6 is 23.1 Å². The molecule has 1 fully saturated rings. The van der Waals surface area contributed by atoms with Gasteiger partial charge in [0.1, 0.15) is 5.76 Å². The number of thiazole rings is 1. The zero-order valence-corrected chi connectivity index (χ0v) is 21.7. The maximum atomic E-state index is 12.8. The lowest BCUT2D eigenvalue weighted by atomic mass is 9.94. The van der Waals surface area contributed by atoms with Crippen molar-refractivity contribution in [1.82, 2.24) is 14.9 Å². The van der Waals surface area contributed by atoms with E-state index in [-0.39, 0.29) is 17.2 Å². The van der Waals surface area contributed by atoms with Crippen LogP contribution in [0.5, 0.6) is 0 Å². The number of hydrogen-bond acceptors (Lipinski definition) is 8. The predicted molar refractivity (Wildman–Crippen MR) is 139 cm³/mol. The van der Waals surface area contributed by atoms with Crippen molar-refractivity contribution < 1.29 is 9.21 Å². The first kappa shape index (κ1) is 24.8. The van der Waals surface area contributed by atoms with Crippen LogP contribution in [0.25, 0.3) is 0 Å². The van der Waals surface area contributed by atoms with Gasteiger partial charge >= 0.3 is 0 Å². The number of rotatable bonds is 8. The van der Waals surface area contributed by atoms with Crippen molar-refractivity contribution in [2.24, 2.45) is 5.92 Å². The van der Waals surface area contributed by atoms with E-state index in [4.69, 9.17) is 10.2 Å². The number of nitrogens with one attached hydrogen (secondary N) is 1. The Bertz CT molecular complexity index is 1100. The first-order chi connectivity index (χ1) is 16.3. The maximum Gasteiger partial charge on any atom is 0.229 e. The second kappa shape index (κ2) is 10.9. The number of carbonyl (C=O) groups excluding carboxylic acids is 1. The Kier molecular flexibility index (Phi) is 7.95. The molecule has 1 amide bonds. The highest BCUT2D eigenvalue weighted by Gasteiger charge is 2.25. The highest BCUT2D eigenvalue weighted by atomic mass is 32.2. The van der Waals surface area contributed by atoms with Crippen molar-refractivity contribution in [1.29, 1.82) is 0 Å². The van der Waals surface area contributed by atoms with E-state index >= 15 is 0 Å². The molecule has 0 saturated carbocycles. The average molecular weight is 500 g/mol. The summed E-state index contributed by atoms with van der Waals surface area (Å²) in [6.07, 6.45) is 6.33. The van der Waals surface area contributed by atoms with Crippen molar-refractivity contribution in [2.45, 2.75) is 55.4 Å². The van der Waals surface area contributed by atoms with E-state index < -0.39 is 0 Å². The Labute approximate surface area is 209 Å². The second-order valence-electron chi connectivity index (χ2n) is 9.74. The van der Waals surface area contributed by atoms with Crippen LogP contribution in [-0.4, -0.2) is 40.4 Å². The molecule has 3 N–H and O–H groups in total. The number of piperidine rings is 1. The Morgan fingerprint density at radius 2 is 2.06 bits per heavy atom. The summed E-state index contributed by atoms with van der Waals surface area (Å²) in [6.45, 7) is 9.18. The van der Waals surface area contributed by atoms with Crippen molar-refractivity contribution >= 4 is 39.8 Å². The van der Waals surface area contributed by atoms with Crippen LogP contribution in [0.4, 0.5) is 10.8 Å². The summed E-state index contributed by atoms with van der Waals surface area (Å²) in [6, 6.07) is 8.07. The number of anilines is 2. The summed E-state index contributed by atoms with van der Waals surface area (Å²) in [5, 5.41) is 3.67. The minimum Gasteiger partial charge on any atom is -0.444 e. The number of carbonyl (C=O) groups is 1. The number of amides is 1. The number of nitrogens with two attached hydrogens (primary N) is 1. The van der Waals surface area contributed by atoms with Gasteiger partial charge in [0.05, 0.1) is 22.4 Å². The van der Waals surface area contributed by atoms with E-state index in [1.54, 1.807) is 24.2 Å². The molecule has 0 aliphatic carbocycles. The Morgan fingerprint density at radius 3 is 2.76 bits per heavy atom. The monoisotopic (exact) mass is 499 g/mol. The van der Waals surface area contributed by atoms with Crippen LogP contribution in [0.3, 0.4) is 0 Å². The Morgan fingerprint density at radius 1 is 1.26 bits per heavy atom. The number of likely N-dealkylation sites (tertiary alicyclic amines) is 1. The third-order valence-electron chi connectivity index (χ3n) is 5.97.